The maximum Gasteiger partial charge on any atom is 0.170 e. The van der Waals surface area contributed by atoms with Gasteiger partial charge < -0.3 is 20.1 Å². The molecule has 0 spiro atoms. The van der Waals surface area contributed by atoms with Crippen LogP contribution in [0, 0.1) is 5.82 Å². The molecule has 2 aromatic carbocycles. The first-order valence-electron chi connectivity index (χ1n) is 7.90. The van der Waals surface area contributed by atoms with Crippen molar-refractivity contribution in [3.8, 4) is 11.5 Å². The van der Waals surface area contributed by atoms with Crippen molar-refractivity contribution in [3.05, 3.63) is 53.8 Å². The Morgan fingerprint density at radius 3 is 2.58 bits per heavy atom. The highest BCUT2D eigenvalue weighted by molar-refractivity contribution is 7.80. The number of thiocarbonyl (C=S) groups is 1. The molecule has 24 heavy (non-hydrogen) atoms. The molecule has 1 heterocycles. The Kier molecular flexibility index (Phi) is 5.48. The summed E-state index contributed by atoms with van der Waals surface area (Å²) in [5.74, 6) is 1.28. The molecular formula is C18H19FN2O2S. The lowest BCUT2D eigenvalue weighted by Crippen LogP contribution is -2.29. The van der Waals surface area contributed by atoms with E-state index in [4.69, 9.17) is 21.7 Å². The van der Waals surface area contributed by atoms with E-state index in [9.17, 15) is 4.39 Å². The number of anilines is 1. The Bertz CT molecular complexity index is 707. The van der Waals surface area contributed by atoms with Crippen LogP contribution in [0.15, 0.2) is 42.5 Å². The third-order valence-electron chi connectivity index (χ3n) is 3.64. The largest absolute Gasteiger partial charge is 0.486 e. The van der Waals surface area contributed by atoms with Gasteiger partial charge in [0.2, 0.25) is 0 Å². The summed E-state index contributed by atoms with van der Waals surface area (Å²) in [6.07, 6.45) is 1.79. The van der Waals surface area contributed by atoms with Gasteiger partial charge in [0.15, 0.2) is 16.6 Å². The standard InChI is InChI=1S/C18H19FN2O2S/c19-14-5-3-13(4-6-14)2-1-9-20-18(24)21-15-7-8-16-17(12-15)23-11-10-22-16/h3-8,12H,1-2,9-11H2,(H2,20,21,24). The van der Waals surface area contributed by atoms with E-state index in [1.54, 1.807) is 12.1 Å². The summed E-state index contributed by atoms with van der Waals surface area (Å²) >= 11 is 5.29. The van der Waals surface area contributed by atoms with Crippen LogP contribution in [0.4, 0.5) is 10.1 Å². The molecule has 1 aliphatic rings. The minimum atomic E-state index is -0.207. The molecule has 6 heteroatoms. The second-order valence-electron chi connectivity index (χ2n) is 5.47. The molecule has 0 radical (unpaired) electrons. The smallest absolute Gasteiger partial charge is 0.170 e. The zero-order valence-corrected chi connectivity index (χ0v) is 14.0. The van der Waals surface area contributed by atoms with Gasteiger partial charge in [-0.25, -0.2) is 4.39 Å². The molecule has 0 aliphatic carbocycles. The maximum absolute atomic E-state index is 12.8. The zero-order chi connectivity index (χ0) is 16.8. The zero-order valence-electron chi connectivity index (χ0n) is 13.2. The van der Waals surface area contributed by atoms with Crippen LogP contribution in [0.2, 0.25) is 0 Å². The van der Waals surface area contributed by atoms with Gasteiger partial charge in [-0.3, -0.25) is 0 Å². The first-order chi connectivity index (χ1) is 11.7. The van der Waals surface area contributed by atoms with Crippen LogP contribution in [0.25, 0.3) is 0 Å². The Morgan fingerprint density at radius 2 is 1.79 bits per heavy atom. The number of benzene rings is 2. The number of fused-ring (bicyclic) bond motifs is 1. The monoisotopic (exact) mass is 346 g/mol. The first kappa shape index (κ1) is 16.5. The molecule has 4 nitrogen and oxygen atoms in total. The molecule has 126 valence electrons. The summed E-state index contributed by atoms with van der Waals surface area (Å²) in [4.78, 5) is 0. The molecule has 0 fully saturated rings. The third-order valence-corrected chi connectivity index (χ3v) is 3.89. The average molecular weight is 346 g/mol. The van der Waals surface area contributed by atoms with Crippen molar-refractivity contribution in [1.29, 1.82) is 0 Å². The van der Waals surface area contributed by atoms with E-state index in [1.165, 1.54) is 12.1 Å². The lowest BCUT2D eigenvalue weighted by Gasteiger charge is -2.19. The number of halogens is 1. The van der Waals surface area contributed by atoms with Crippen LogP contribution in [0.3, 0.4) is 0 Å². The molecule has 0 saturated heterocycles. The van der Waals surface area contributed by atoms with Gasteiger partial charge >= 0.3 is 0 Å². The Balaban J connectivity index is 1.41. The van der Waals surface area contributed by atoms with Crippen molar-refractivity contribution in [3.63, 3.8) is 0 Å². The molecule has 2 N–H and O–H groups in total. The SMILES string of the molecule is Fc1ccc(CCCNC(=S)Nc2ccc3c(c2)OCCO3)cc1. The van der Waals surface area contributed by atoms with Crippen molar-refractivity contribution in [2.75, 3.05) is 25.1 Å². The van der Waals surface area contributed by atoms with E-state index < -0.39 is 0 Å². The fourth-order valence-electron chi connectivity index (χ4n) is 2.44. The van der Waals surface area contributed by atoms with Crippen LogP contribution in [0.5, 0.6) is 11.5 Å². The fourth-order valence-corrected chi connectivity index (χ4v) is 2.66. The number of ether oxygens (including phenoxy) is 2. The molecule has 2 aromatic rings. The van der Waals surface area contributed by atoms with E-state index in [2.05, 4.69) is 10.6 Å². The summed E-state index contributed by atoms with van der Waals surface area (Å²) in [7, 11) is 0. The van der Waals surface area contributed by atoms with Gasteiger partial charge in [0.05, 0.1) is 0 Å². The van der Waals surface area contributed by atoms with Crippen LogP contribution < -0.4 is 20.1 Å². The predicted octanol–water partition coefficient (Wildman–Crippen LogP) is 3.52. The summed E-state index contributed by atoms with van der Waals surface area (Å²) < 4.78 is 23.9. The predicted molar refractivity (Wildman–Crippen MR) is 96.4 cm³/mol. The van der Waals surface area contributed by atoms with E-state index in [1.807, 2.05) is 18.2 Å². The second kappa shape index (κ2) is 7.97. The van der Waals surface area contributed by atoms with Gasteiger partial charge in [0, 0.05) is 18.3 Å². The van der Waals surface area contributed by atoms with Crippen LogP contribution in [-0.4, -0.2) is 24.9 Å². The van der Waals surface area contributed by atoms with Crippen molar-refractivity contribution in [1.82, 2.24) is 5.32 Å². The topological polar surface area (TPSA) is 42.5 Å². The molecule has 3 rings (SSSR count). The summed E-state index contributed by atoms with van der Waals surface area (Å²) in [6, 6.07) is 12.2. The maximum atomic E-state index is 12.8. The van der Waals surface area contributed by atoms with Crippen LogP contribution >= 0.6 is 12.2 Å². The number of nitrogens with one attached hydrogen (secondary N) is 2. The average Bonchev–Trinajstić information content (AvgIpc) is 2.60. The minimum absolute atomic E-state index is 0.207. The second-order valence-corrected chi connectivity index (χ2v) is 5.88. The van der Waals surface area contributed by atoms with Gasteiger partial charge in [-0.05, 0) is 54.9 Å². The minimum Gasteiger partial charge on any atom is -0.486 e. The van der Waals surface area contributed by atoms with Gasteiger partial charge in [-0.1, -0.05) is 12.1 Å². The molecule has 0 bridgehead atoms. The van der Waals surface area contributed by atoms with Crippen molar-refractivity contribution in [2.45, 2.75) is 12.8 Å². The van der Waals surface area contributed by atoms with Crippen molar-refractivity contribution < 1.29 is 13.9 Å². The van der Waals surface area contributed by atoms with E-state index in [-0.39, 0.29) is 5.82 Å². The highest BCUT2D eigenvalue weighted by Crippen LogP contribution is 2.32. The Labute approximate surface area is 146 Å². The first-order valence-corrected chi connectivity index (χ1v) is 8.30. The number of rotatable bonds is 5. The van der Waals surface area contributed by atoms with Crippen molar-refractivity contribution in [2.24, 2.45) is 0 Å². The molecule has 0 aromatic heterocycles. The molecule has 0 saturated carbocycles. The van der Waals surface area contributed by atoms with Gasteiger partial charge in [0.1, 0.15) is 19.0 Å². The quantitative estimate of drug-likeness (QED) is 0.641. The molecular weight excluding hydrogens is 327 g/mol. The summed E-state index contributed by atoms with van der Waals surface area (Å²) in [6.45, 7) is 1.88. The lowest BCUT2D eigenvalue weighted by molar-refractivity contribution is 0.171. The van der Waals surface area contributed by atoms with E-state index >= 15 is 0 Å². The van der Waals surface area contributed by atoms with Gasteiger partial charge in [-0.2, -0.15) is 0 Å². The normalized spacial score (nSPS) is 12.5. The third kappa shape index (κ3) is 4.58. The number of aryl methyl sites for hydroxylation is 1. The number of hydrogen-bond acceptors (Lipinski definition) is 3. The molecule has 0 unspecified atom stereocenters. The Hall–Kier alpha value is -2.34. The number of hydrogen-bond donors (Lipinski definition) is 2. The molecule has 0 atom stereocenters. The highest BCUT2D eigenvalue weighted by Gasteiger charge is 2.11. The summed E-state index contributed by atoms with van der Waals surface area (Å²) in [5, 5.41) is 6.86. The van der Waals surface area contributed by atoms with E-state index in [0.29, 0.717) is 18.3 Å². The molecule has 1 aliphatic heterocycles. The highest BCUT2D eigenvalue weighted by atomic mass is 32.1. The van der Waals surface area contributed by atoms with E-state index in [0.717, 1.165) is 42.1 Å². The Morgan fingerprint density at radius 1 is 1.04 bits per heavy atom. The van der Waals surface area contributed by atoms with Gasteiger partial charge in [-0.15, -0.1) is 0 Å². The van der Waals surface area contributed by atoms with Crippen molar-refractivity contribution >= 4 is 23.0 Å². The van der Waals surface area contributed by atoms with Crippen LogP contribution in [-0.2, 0) is 6.42 Å². The van der Waals surface area contributed by atoms with Gasteiger partial charge in [0.25, 0.3) is 0 Å². The lowest BCUT2D eigenvalue weighted by atomic mass is 10.1. The molecule has 0 amide bonds. The van der Waals surface area contributed by atoms with Crippen LogP contribution in [0.1, 0.15) is 12.0 Å². The fraction of sp³-hybridized carbons (Fsp3) is 0.278. The summed E-state index contributed by atoms with van der Waals surface area (Å²) in [5.41, 5.74) is 1.97.